The quantitative estimate of drug-likeness (QED) is 0.812. The van der Waals surface area contributed by atoms with Crippen molar-refractivity contribution < 1.29 is 9.90 Å². The normalized spacial score (nSPS) is 34.9. The van der Waals surface area contributed by atoms with Crippen LogP contribution in [-0.4, -0.2) is 46.0 Å². The van der Waals surface area contributed by atoms with Gasteiger partial charge in [-0.2, -0.15) is 0 Å². The molecule has 1 aromatic carbocycles. The minimum Gasteiger partial charge on any atom is -0.480 e. The molecule has 0 radical (unpaired) electrons. The molecule has 5 rings (SSSR count). The predicted molar refractivity (Wildman–Crippen MR) is 85.2 cm³/mol. The molecule has 4 heterocycles. The van der Waals surface area contributed by atoms with E-state index in [1.54, 1.807) is 11.9 Å². The number of carboxylic acid groups (broad SMARTS) is 1. The van der Waals surface area contributed by atoms with Gasteiger partial charge in [-0.25, -0.2) is 4.31 Å². The molecule has 0 aliphatic carbocycles. The third kappa shape index (κ3) is 2.32. The Morgan fingerprint density at radius 3 is 2.71 bits per heavy atom. The van der Waals surface area contributed by atoms with E-state index < -0.39 is 12.0 Å². The molecule has 4 aliphatic heterocycles. The summed E-state index contributed by atoms with van der Waals surface area (Å²) in [6.45, 7) is 3.36. The smallest absolute Gasteiger partial charge is 0.326 e. The number of halogens is 1. The maximum Gasteiger partial charge on any atom is 0.326 e. The Labute approximate surface area is 136 Å². The molecule has 0 saturated carbocycles. The number of aliphatic carboxylic acids is 1. The highest BCUT2D eigenvalue weighted by Gasteiger charge is 2.46. The fourth-order valence-electron chi connectivity index (χ4n) is 3.84. The van der Waals surface area contributed by atoms with Crippen molar-refractivity contribution >= 4 is 33.8 Å². The Hall–Kier alpha value is -0.560. The molecule has 21 heavy (non-hydrogen) atoms. The second-order valence-corrected chi connectivity index (χ2v) is 8.04. The standard InChI is InChI=1S/C15H17BrN2O2S/c16-10-1-2-11-13(7-10)21-18(14(11)15(19)20)12-8-17-5-3-9(12)4-6-17/h1-2,7,9,12,14H,3-6,8H2,(H,19,20)/t12-,14?/m0/s1. The number of hydrogen-bond donors (Lipinski definition) is 1. The van der Waals surface area contributed by atoms with Gasteiger partial charge in [0.15, 0.2) is 0 Å². The molecule has 3 fully saturated rings. The van der Waals surface area contributed by atoms with Crippen molar-refractivity contribution in [1.29, 1.82) is 0 Å². The summed E-state index contributed by atoms with van der Waals surface area (Å²) in [5.74, 6) is -0.0953. The lowest BCUT2D eigenvalue weighted by Gasteiger charge is -2.48. The third-order valence-electron chi connectivity index (χ3n) is 4.91. The second-order valence-electron chi connectivity index (χ2n) is 6.08. The monoisotopic (exact) mass is 368 g/mol. The van der Waals surface area contributed by atoms with Gasteiger partial charge in [-0.1, -0.05) is 22.0 Å². The number of carboxylic acids is 1. The van der Waals surface area contributed by atoms with Crippen molar-refractivity contribution in [2.45, 2.75) is 29.8 Å². The summed E-state index contributed by atoms with van der Waals surface area (Å²) >= 11 is 5.11. The van der Waals surface area contributed by atoms with Gasteiger partial charge in [-0.05, 0) is 61.5 Å². The lowest BCUT2D eigenvalue weighted by molar-refractivity contribution is -0.143. The van der Waals surface area contributed by atoms with Crippen molar-refractivity contribution in [3.8, 4) is 0 Å². The fraction of sp³-hybridized carbons (Fsp3) is 0.533. The molecule has 1 N–H and O–H groups in total. The number of nitrogens with zero attached hydrogens (tertiary/aromatic N) is 2. The zero-order valence-electron chi connectivity index (χ0n) is 11.5. The average Bonchev–Trinajstić information content (AvgIpc) is 2.86. The van der Waals surface area contributed by atoms with E-state index in [0.717, 1.165) is 21.5 Å². The van der Waals surface area contributed by atoms with Crippen LogP contribution in [0.1, 0.15) is 24.4 Å². The molecular weight excluding hydrogens is 352 g/mol. The minimum atomic E-state index is -0.736. The molecule has 2 bridgehead atoms. The number of benzene rings is 1. The lowest BCUT2D eigenvalue weighted by atomic mass is 9.83. The van der Waals surface area contributed by atoms with Gasteiger partial charge in [0.05, 0.1) is 0 Å². The van der Waals surface area contributed by atoms with Gasteiger partial charge < -0.3 is 10.0 Å². The van der Waals surface area contributed by atoms with E-state index >= 15 is 0 Å². The summed E-state index contributed by atoms with van der Waals surface area (Å²) < 4.78 is 3.16. The topological polar surface area (TPSA) is 43.8 Å². The summed E-state index contributed by atoms with van der Waals surface area (Å²) in [6.07, 6.45) is 2.40. The summed E-state index contributed by atoms with van der Waals surface area (Å²) in [5.41, 5.74) is 0.937. The molecular formula is C15H17BrN2O2S. The van der Waals surface area contributed by atoms with Crippen LogP contribution in [-0.2, 0) is 4.79 Å². The van der Waals surface area contributed by atoms with Crippen molar-refractivity contribution in [3.63, 3.8) is 0 Å². The molecule has 6 heteroatoms. The first kappa shape index (κ1) is 14.1. The highest BCUT2D eigenvalue weighted by molar-refractivity contribution is 9.10. The average molecular weight is 369 g/mol. The van der Waals surface area contributed by atoms with E-state index in [9.17, 15) is 9.90 Å². The molecule has 0 spiro atoms. The van der Waals surface area contributed by atoms with Crippen LogP contribution < -0.4 is 0 Å². The maximum absolute atomic E-state index is 11.8. The number of piperidine rings is 3. The Morgan fingerprint density at radius 2 is 2.10 bits per heavy atom. The van der Waals surface area contributed by atoms with Gasteiger partial charge in [0.25, 0.3) is 0 Å². The van der Waals surface area contributed by atoms with Crippen molar-refractivity contribution in [2.75, 3.05) is 19.6 Å². The van der Waals surface area contributed by atoms with Crippen LogP contribution in [0, 0.1) is 5.92 Å². The first-order valence-corrected chi connectivity index (χ1v) is 8.91. The van der Waals surface area contributed by atoms with Crippen LogP contribution in [0.3, 0.4) is 0 Å². The largest absolute Gasteiger partial charge is 0.480 e. The van der Waals surface area contributed by atoms with Crippen molar-refractivity contribution in [2.24, 2.45) is 5.92 Å². The molecule has 0 amide bonds. The Bertz CT molecular complexity index is 589. The van der Waals surface area contributed by atoms with Crippen LogP contribution in [0.5, 0.6) is 0 Å². The molecule has 2 atom stereocenters. The van der Waals surface area contributed by atoms with Crippen molar-refractivity contribution in [1.82, 2.24) is 9.21 Å². The van der Waals surface area contributed by atoms with Gasteiger partial charge >= 0.3 is 5.97 Å². The maximum atomic E-state index is 11.8. The van der Waals surface area contributed by atoms with Gasteiger partial charge in [-0.3, -0.25) is 4.79 Å². The van der Waals surface area contributed by atoms with Gasteiger partial charge in [0, 0.05) is 22.0 Å². The minimum absolute atomic E-state index is 0.352. The first-order chi connectivity index (χ1) is 10.1. The van der Waals surface area contributed by atoms with E-state index in [1.807, 2.05) is 18.2 Å². The first-order valence-electron chi connectivity index (χ1n) is 7.34. The SMILES string of the molecule is O=C(O)C1c2ccc(Br)cc2SN1[C@H]1CN2CCC1CC2. The highest BCUT2D eigenvalue weighted by Crippen LogP contribution is 2.49. The van der Waals surface area contributed by atoms with E-state index in [0.29, 0.717) is 12.0 Å². The Morgan fingerprint density at radius 1 is 1.33 bits per heavy atom. The lowest BCUT2D eigenvalue weighted by Crippen LogP contribution is -2.56. The molecule has 0 aromatic heterocycles. The van der Waals surface area contributed by atoms with Crippen LogP contribution in [0.25, 0.3) is 0 Å². The van der Waals surface area contributed by atoms with Crippen LogP contribution >= 0.6 is 27.9 Å². The third-order valence-corrected chi connectivity index (χ3v) is 6.65. The molecule has 1 aromatic rings. The zero-order chi connectivity index (χ0) is 14.6. The number of carbonyl (C=O) groups is 1. The second kappa shape index (κ2) is 5.26. The van der Waals surface area contributed by atoms with E-state index in [2.05, 4.69) is 25.1 Å². The fourth-order valence-corrected chi connectivity index (χ4v) is 5.73. The summed E-state index contributed by atoms with van der Waals surface area (Å²) in [7, 11) is 0. The Balaban J connectivity index is 1.68. The van der Waals surface area contributed by atoms with Gasteiger partial charge in [0.2, 0.25) is 0 Å². The summed E-state index contributed by atoms with van der Waals surface area (Å²) in [6, 6.07) is 5.77. The molecule has 4 aliphatic rings. The molecule has 4 nitrogen and oxygen atoms in total. The number of hydrogen-bond acceptors (Lipinski definition) is 4. The van der Waals surface area contributed by atoms with E-state index in [4.69, 9.17) is 0 Å². The van der Waals surface area contributed by atoms with Crippen LogP contribution in [0.15, 0.2) is 27.6 Å². The summed E-state index contributed by atoms with van der Waals surface area (Å²) in [4.78, 5) is 15.4. The molecule has 3 saturated heterocycles. The van der Waals surface area contributed by atoms with E-state index in [1.165, 1.54) is 25.9 Å². The number of fused-ring (bicyclic) bond motifs is 4. The summed E-state index contributed by atoms with van der Waals surface area (Å²) in [5, 5.41) is 9.72. The molecule has 112 valence electrons. The van der Waals surface area contributed by atoms with Crippen LogP contribution in [0.2, 0.25) is 0 Å². The van der Waals surface area contributed by atoms with Gasteiger partial charge in [0.1, 0.15) is 6.04 Å². The number of rotatable bonds is 2. The van der Waals surface area contributed by atoms with Gasteiger partial charge in [-0.15, -0.1) is 0 Å². The zero-order valence-corrected chi connectivity index (χ0v) is 13.9. The van der Waals surface area contributed by atoms with Crippen molar-refractivity contribution in [3.05, 3.63) is 28.2 Å². The Kier molecular flexibility index (Phi) is 3.52. The highest BCUT2D eigenvalue weighted by atomic mass is 79.9. The predicted octanol–water partition coefficient (Wildman–Crippen LogP) is 2.99. The van der Waals surface area contributed by atoms with Crippen LogP contribution in [0.4, 0.5) is 0 Å². The molecule has 1 unspecified atom stereocenters. The van der Waals surface area contributed by atoms with E-state index in [-0.39, 0.29) is 0 Å².